The van der Waals surface area contributed by atoms with Crippen LogP contribution in [0.2, 0.25) is 0 Å². The van der Waals surface area contributed by atoms with Crippen molar-refractivity contribution in [2.24, 2.45) is 0 Å². The average Bonchev–Trinajstić information content (AvgIpc) is 2.49. The molecule has 0 spiro atoms. The molecule has 2 aromatic rings. The zero-order chi connectivity index (χ0) is 14.5. The third-order valence-corrected chi connectivity index (χ3v) is 4.01. The van der Waals surface area contributed by atoms with E-state index in [1.54, 1.807) is 0 Å². The quantitative estimate of drug-likeness (QED) is 0.845. The van der Waals surface area contributed by atoms with Crippen molar-refractivity contribution in [2.45, 2.75) is 25.4 Å². The maximum atomic E-state index is 5.84. The van der Waals surface area contributed by atoms with E-state index in [4.69, 9.17) is 5.73 Å². The average molecular weight is 281 g/mol. The third-order valence-electron chi connectivity index (χ3n) is 4.01. The van der Waals surface area contributed by atoms with E-state index in [0.717, 1.165) is 24.5 Å². The van der Waals surface area contributed by atoms with E-state index in [0.29, 0.717) is 6.04 Å². The van der Waals surface area contributed by atoms with E-state index in [2.05, 4.69) is 46.6 Å². The number of nitrogens with one attached hydrogen (secondary N) is 1. The van der Waals surface area contributed by atoms with Crippen molar-refractivity contribution in [3.05, 3.63) is 60.2 Å². The first kappa shape index (κ1) is 14.0. The van der Waals surface area contributed by atoms with Gasteiger partial charge in [-0.1, -0.05) is 36.4 Å². The largest absolute Gasteiger partial charge is 0.399 e. The van der Waals surface area contributed by atoms with Crippen molar-refractivity contribution < 1.29 is 0 Å². The molecule has 1 saturated heterocycles. The molecule has 1 atom stereocenters. The molecule has 3 rings (SSSR count). The van der Waals surface area contributed by atoms with Crippen molar-refractivity contribution in [1.82, 2.24) is 4.90 Å². The van der Waals surface area contributed by atoms with Gasteiger partial charge in [0.05, 0.1) is 0 Å². The lowest BCUT2D eigenvalue weighted by molar-refractivity contribution is 0.208. The Labute approximate surface area is 126 Å². The molecule has 3 nitrogen and oxygen atoms in total. The van der Waals surface area contributed by atoms with Gasteiger partial charge in [-0.15, -0.1) is 0 Å². The van der Waals surface area contributed by atoms with Crippen LogP contribution in [-0.4, -0.2) is 24.0 Å². The molecule has 0 aliphatic carbocycles. The van der Waals surface area contributed by atoms with E-state index >= 15 is 0 Å². The van der Waals surface area contributed by atoms with Crippen LogP contribution in [0.15, 0.2) is 54.6 Å². The fraction of sp³-hybridized carbons (Fsp3) is 0.333. The highest BCUT2D eigenvalue weighted by Gasteiger charge is 2.19. The van der Waals surface area contributed by atoms with Crippen molar-refractivity contribution in [2.75, 3.05) is 24.1 Å². The summed E-state index contributed by atoms with van der Waals surface area (Å²) in [7, 11) is 0. The summed E-state index contributed by atoms with van der Waals surface area (Å²) in [6, 6.07) is 19.2. The molecule has 21 heavy (non-hydrogen) atoms. The molecule has 0 aromatic heterocycles. The second-order valence-electron chi connectivity index (χ2n) is 5.83. The van der Waals surface area contributed by atoms with Gasteiger partial charge in [0.2, 0.25) is 0 Å². The highest BCUT2D eigenvalue weighted by molar-refractivity contribution is 5.54. The molecule has 0 radical (unpaired) electrons. The summed E-state index contributed by atoms with van der Waals surface area (Å²) in [5.41, 5.74) is 9.18. The Bertz CT molecular complexity index is 568. The molecule has 0 saturated carbocycles. The van der Waals surface area contributed by atoms with Gasteiger partial charge in [0.1, 0.15) is 0 Å². The van der Waals surface area contributed by atoms with Gasteiger partial charge in [-0.2, -0.15) is 0 Å². The monoisotopic (exact) mass is 281 g/mol. The van der Waals surface area contributed by atoms with Crippen LogP contribution in [0.5, 0.6) is 0 Å². The Morgan fingerprint density at radius 1 is 1.10 bits per heavy atom. The molecule has 1 unspecified atom stereocenters. The maximum Gasteiger partial charge on any atom is 0.0389 e. The molecule has 0 bridgehead atoms. The van der Waals surface area contributed by atoms with E-state index in [9.17, 15) is 0 Å². The van der Waals surface area contributed by atoms with Gasteiger partial charge in [-0.3, -0.25) is 4.90 Å². The minimum atomic E-state index is 0.504. The van der Waals surface area contributed by atoms with Crippen LogP contribution in [0.1, 0.15) is 18.4 Å². The summed E-state index contributed by atoms with van der Waals surface area (Å²) in [4.78, 5) is 2.53. The molecule has 3 N–H and O–H groups in total. The molecule has 3 heteroatoms. The van der Waals surface area contributed by atoms with Crippen molar-refractivity contribution >= 4 is 11.4 Å². The van der Waals surface area contributed by atoms with Crippen molar-refractivity contribution in [3.8, 4) is 0 Å². The fourth-order valence-electron chi connectivity index (χ4n) is 3.02. The first-order valence-electron chi connectivity index (χ1n) is 7.68. The number of hydrogen-bond acceptors (Lipinski definition) is 3. The number of anilines is 2. The fourth-order valence-corrected chi connectivity index (χ4v) is 3.02. The summed E-state index contributed by atoms with van der Waals surface area (Å²) < 4.78 is 0. The predicted molar refractivity (Wildman–Crippen MR) is 89.2 cm³/mol. The summed E-state index contributed by atoms with van der Waals surface area (Å²) in [5.74, 6) is 0. The van der Waals surface area contributed by atoms with Crippen LogP contribution in [0.4, 0.5) is 11.4 Å². The van der Waals surface area contributed by atoms with Gasteiger partial charge in [-0.25, -0.2) is 0 Å². The number of rotatable bonds is 4. The van der Waals surface area contributed by atoms with Crippen LogP contribution < -0.4 is 11.1 Å². The van der Waals surface area contributed by atoms with Crippen LogP contribution in [-0.2, 0) is 6.54 Å². The number of benzene rings is 2. The summed E-state index contributed by atoms with van der Waals surface area (Å²) >= 11 is 0. The predicted octanol–water partition coefficient (Wildman–Crippen LogP) is 3.35. The number of nitrogens with zero attached hydrogens (tertiary/aromatic N) is 1. The Morgan fingerprint density at radius 3 is 2.76 bits per heavy atom. The van der Waals surface area contributed by atoms with E-state index in [1.807, 2.05) is 18.2 Å². The SMILES string of the molecule is Nc1cccc(NC2CCCN(Cc3ccccc3)C2)c1. The lowest BCUT2D eigenvalue weighted by Crippen LogP contribution is -2.41. The molecule has 1 aliphatic rings. The van der Waals surface area contributed by atoms with Gasteiger partial charge in [0, 0.05) is 30.5 Å². The van der Waals surface area contributed by atoms with E-state index < -0.39 is 0 Å². The first-order valence-corrected chi connectivity index (χ1v) is 7.68. The van der Waals surface area contributed by atoms with Gasteiger partial charge < -0.3 is 11.1 Å². The van der Waals surface area contributed by atoms with E-state index in [-0.39, 0.29) is 0 Å². The molecule has 110 valence electrons. The number of nitrogen functional groups attached to an aromatic ring is 1. The Kier molecular flexibility index (Phi) is 4.41. The van der Waals surface area contributed by atoms with Crippen LogP contribution in [0.25, 0.3) is 0 Å². The zero-order valence-corrected chi connectivity index (χ0v) is 12.3. The van der Waals surface area contributed by atoms with Gasteiger partial charge in [0.15, 0.2) is 0 Å². The van der Waals surface area contributed by atoms with Gasteiger partial charge in [-0.05, 0) is 43.1 Å². The molecule has 1 heterocycles. The highest BCUT2D eigenvalue weighted by Crippen LogP contribution is 2.19. The Morgan fingerprint density at radius 2 is 1.95 bits per heavy atom. The topological polar surface area (TPSA) is 41.3 Å². The zero-order valence-electron chi connectivity index (χ0n) is 12.3. The molecule has 2 aromatic carbocycles. The van der Waals surface area contributed by atoms with Crippen molar-refractivity contribution in [1.29, 1.82) is 0 Å². The van der Waals surface area contributed by atoms with Crippen LogP contribution in [0, 0.1) is 0 Å². The number of hydrogen-bond donors (Lipinski definition) is 2. The lowest BCUT2D eigenvalue weighted by atomic mass is 10.0. The molecular formula is C18H23N3. The van der Waals surface area contributed by atoms with Gasteiger partial charge >= 0.3 is 0 Å². The minimum Gasteiger partial charge on any atom is -0.399 e. The Hall–Kier alpha value is -2.00. The molecule has 0 amide bonds. The van der Waals surface area contributed by atoms with Gasteiger partial charge in [0.25, 0.3) is 0 Å². The number of piperidine rings is 1. The lowest BCUT2D eigenvalue weighted by Gasteiger charge is -2.33. The van der Waals surface area contributed by atoms with Crippen LogP contribution >= 0.6 is 0 Å². The second-order valence-corrected chi connectivity index (χ2v) is 5.83. The van der Waals surface area contributed by atoms with Crippen molar-refractivity contribution in [3.63, 3.8) is 0 Å². The smallest absolute Gasteiger partial charge is 0.0389 e. The minimum absolute atomic E-state index is 0.504. The molecular weight excluding hydrogens is 258 g/mol. The molecule has 1 fully saturated rings. The standard InChI is InChI=1S/C18H23N3/c19-16-8-4-9-17(12-16)20-18-10-5-11-21(14-18)13-15-6-2-1-3-7-15/h1-4,6-9,12,18,20H,5,10-11,13-14,19H2. The summed E-state index contributed by atoms with van der Waals surface area (Å²) in [6.45, 7) is 3.31. The summed E-state index contributed by atoms with van der Waals surface area (Å²) in [5, 5.41) is 3.62. The second kappa shape index (κ2) is 6.64. The van der Waals surface area contributed by atoms with Crippen LogP contribution in [0.3, 0.4) is 0 Å². The summed E-state index contributed by atoms with van der Waals surface area (Å²) in [6.07, 6.45) is 2.47. The highest BCUT2D eigenvalue weighted by atomic mass is 15.2. The third kappa shape index (κ3) is 3.99. The molecule has 1 aliphatic heterocycles. The Balaban J connectivity index is 1.58. The number of nitrogens with two attached hydrogens (primary N) is 1. The van der Waals surface area contributed by atoms with E-state index in [1.165, 1.54) is 24.9 Å². The first-order chi connectivity index (χ1) is 10.3. The maximum absolute atomic E-state index is 5.84. The number of likely N-dealkylation sites (tertiary alicyclic amines) is 1. The normalized spacial score (nSPS) is 19.3.